The third-order valence-electron chi connectivity index (χ3n) is 5.67. The normalized spacial score (nSPS) is 16.5. The van der Waals surface area contributed by atoms with Gasteiger partial charge in [0.2, 0.25) is 0 Å². The molecular weight excluding hydrogens is 354 g/mol. The number of rotatable bonds is 6. The highest BCUT2D eigenvalue weighted by Gasteiger charge is 2.25. The number of fused-ring (bicyclic) bond motifs is 2. The summed E-state index contributed by atoms with van der Waals surface area (Å²) in [7, 11) is 0. The van der Waals surface area contributed by atoms with Crippen molar-refractivity contribution in [3.8, 4) is 0 Å². The second kappa shape index (κ2) is 8.03. The minimum atomic E-state index is 0.0875. The fourth-order valence-electron chi connectivity index (χ4n) is 4.07. The Bertz CT molecular complexity index is 790. The monoisotopic (exact) mass is 383 g/mol. The minimum Gasteiger partial charge on any atom is -0.371 e. The lowest BCUT2D eigenvalue weighted by Crippen LogP contribution is -2.33. The summed E-state index contributed by atoms with van der Waals surface area (Å²) in [6, 6.07) is 11.4. The summed E-state index contributed by atoms with van der Waals surface area (Å²) in [5.41, 5.74) is 4.17. The Morgan fingerprint density at radius 2 is 2.07 bits per heavy atom. The molecule has 0 unspecified atom stereocenters. The van der Waals surface area contributed by atoms with Crippen molar-refractivity contribution < 1.29 is 4.79 Å². The van der Waals surface area contributed by atoms with Crippen LogP contribution in [0.3, 0.4) is 0 Å². The van der Waals surface area contributed by atoms with Crippen molar-refractivity contribution in [2.45, 2.75) is 52.2 Å². The zero-order valence-electron chi connectivity index (χ0n) is 16.3. The molecule has 144 valence electrons. The second-order valence-electron chi connectivity index (χ2n) is 7.89. The minimum absolute atomic E-state index is 0.0875. The van der Waals surface area contributed by atoms with E-state index in [9.17, 15) is 4.79 Å². The van der Waals surface area contributed by atoms with Gasteiger partial charge in [-0.15, -0.1) is 11.3 Å². The molecule has 1 aromatic heterocycles. The van der Waals surface area contributed by atoms with E-state index in [-0.39, 0.29) is 5.91 Å². The summed E-state index contributed by atoms with van der Waals surface area (Å²) in [6.45, 7) is 9.27. The first-order chi connectivity index (χ1) is 13.1. The molecule has 0 saturated carbocycles. The van der Waals surface area contributed by atoms with Gasteiger partial charge in [-0.3, -0.25) is 9.69 Å². The molecular formula is C22H29N3OS. The van der Waals surface area contributed by atoms with Gasteiger partial charge in [-0.2, -0.15) is 0 Å². The van der Waals surface area contributed by atoms with Crippen molar-refractivity contribution in [1.29, 1.82) is 0 Å². The Labute approximate surface area is 166 Å². The molecule has 1 aromatic carbocycles. The molecule has 0 aliphatic carbocycles. The molecule has 1 amide bonds. The molecule has 0 atom stereocenters. The van der Waals surface area contributed by atoms with Crippen LogP contribution < -0.4 is 10.2 Å². The molecule has 2 aromatic rings. The van der Waals surface area contributed by atoms with Crippen LogP contribution in [0.4, 0.5) is 5.69 Å². The van der Waals surface area contributed by atoms with Gasteiger partial charge in [0, 0.05) is 49.3 Å². The Morgan fingerprint density at radius 1 is 1.22 bits per heavy atom. The predicted octanol–water partition coefficient (Wildman–Crippen LogP) is 4.04. The Kier molecular flexibility index (Phi) is 5.50. The third-order valence-corrected chi connectivity index (χ3v) is 6.83. The number of aryl methyl sites for hydroxylation is 1. The molecule has 4 rings (SSSR count). The van der Waals surface area contributed by atoms with Gasteiger partial charge in [-0.25, -0.2) is 0 Å². The molecule has 2 aliphatic heterocycles. The van der Waals surface area contributed by atoms with Crippen LogP contribution in [0.25, 0.3) is 0 Å². The fraction of sp³-hybridized carbons (Fsp3) is 0.500. The topological polar surface area (TPSA) is 35.6 Å². The van der Waals surface area contributed by atoms with E-state index in [0.29, 0.717) is 6.04 Å². The summed E-state index contributed by atoms with van der Waals surface area (Å²) in [5, 5.41) is 3.12. The van der Waals surface area contributed by atoms with Crippen molar-refractivity contribution >= 4 is 22.9 Å². The van der Waals surface area contributed by atoms with E-state index < -0.39 is 0 Å². The average molecular weight is 384 g/mol. The number of carbonyl (C=O) groups excluding carboxylic acids is 1. The quantitative estimate of drug-likeness (QED) is 0.765. The molecule has 0 radical (unpaired) electrons. The predicted molar refractivity (Wildman–Crippen MR) is 113 cm³/mol. The van der Waals surface area contributed by atoms with Gasteiger partial charge in [-0.1, -0.05) is 18.2 Å². The molecule has 4 nitrogen and oxygen atoms in total. The molecule has 0 bridgehead atoms. The van der Waals surface area contributed by atoms with E-state index in [2.05, 4.69) is 59.3 Å². The van der Waals surface area contributed by atoms with Crippen LogP contribution in [0.1, 0.15) is 52.4 Å². The van der Waals surface area contributed by atoms with Crippen LogP contribution in [0.2, 0.25) is 0 Å². The van der Waals surface area contributed by atoms with E-state index in [0.717, 1.165) is 44.0 Å². The van der Waals surface area contributed by atoms with Gasteiger partial charge in [0.25, 0.3) is 5.91 Å². The van der Waals surface area contributed by atoms with Crippen molar-refractivity contribution in [3.05, 3.63) is 51.2 Å². The van der Waals surface area contributed by atoms with E-state index in [1.54, 1.807) is 11.3 Å². The van der Waals surface area contributed by atoms with Crippen LogP contribution in [0, 0.1) is 0 Å². The maximum Gasteiger partial charge on any atom is 0.261 e. The van der Waals surface area contributed by atoms with Crippen LogP contribution in [-0.2, 0) is 19.5 Å². The smallest absolute Gasteiger partial charge is 0.261 e. The highest BCUT2D eigenvalue weighted by atomic mass is 32.1. The molecule has 0 spiro atoms. The summed E-state index contributed by atoms with van der Waals surface area (Å²) in [5.74, 6) is 0.0875. The largest absolute Gasteiger partial charge is 0.371 e. The van der Waals surface area contributed by atoms with Crippen molar-refractivity contribution in [2.24, 2.45) is 0 Å². The van der Waals surface area contributed by atoms with Crippen LogP contribution in [0.15, 0.2) is 30.3 Å². The number of anilines is 1. The van der Waals surface area contributed by atoms with Crippen molar-refractivity contribution in [1.82, 2.24) is 10.2 Å². The Morgan fingerprint density at radius 3 is 2.89 bits per heavy atom. The lowest BCUT2D eigenvalue weighted by atomic mass is 10.0. The number of nitrogens with one attached hydrogen (secondary N) is 1. The number of thiophene rings is 1. The molecule has 3 heterocycles. The van der Waals surface area contributed by atoms with Gasteiger partial charge < -0.3 is 10.2 Å². The molecule has 0 fully saturated rings. The summed E-state index contributed by atoms with van der Waals surface area (Å²) in [6.07, 6.45) is 3.38. The second-order valence-corrected chi connectivity index (χ2v) is 9.02. The number of para-hydroxylation sites is 1. The van der Waals surface area contributed by atoms with E-state index in [1.165, 1.54) is 34.5 Å². The maximum atomic E-state index is 12.5. The Hall–Kier alpha value is -1.85. The first kappa shape index (κ1) is 18.5. The SMILES string of the molecule is CC(C)N1Cc2cc(C(=O)NCCCN3CCCc4ccccc43)sc2C1. The van der Waals surface area contributed by atoms with E-state index in [4.69, 9.17) is 0 Å². The number of amides is 1. The van der Waals surface area contributed by atoms with Crippen LogP contribution in [0.5, 0.6) is 0 Å². The third kappa shape index (κ3) is 4.04. The van der Waals surface area contributed by atoms with Crippen molar-refractivity contribution in [3.63, 3.8) is 0 Å². The highest BCUT2D eigenvalue weighted by molar-refractivity contribution is 7.14. The lowest BCUT2D eigenvalue weighted by Gasteiger charge is -2.31. The number of hydrogen-bond acceptors (Lipinski definition) is 4. The van der Waals surface area contributed by atoms with Gasteiger partial charge >= 0.3 is 0 Å². The van der Waals surface area contributed by atoms with E-state index in [1.807, 2.05) is 0 Å². The van der Waals surface area contributed by atoms with Crippen LogP contribution >= 0.6 is 11.3 Å². The zero-order chi connectivity index (χ0) is 18.8. The van der Waals surface area contributed by atoms with Gasteiger partial charge in [0.05, 0.1) is 4.88 Å². The number of carbonyl (C=O) groups is 1. The molecule has 0 saturated heterocycles. The van der Waals surface area contributed by atoms with Gasteiger partial charge in [0.1, 0.15) is 0 Å². The van der Waals surface area contributed by atoms with E-state index >= 15 is 0 Å². The molecule has 1 N–H and O–H groups in total. The van der Waals surface area contributed by atoms with Gasteiger partial charge in [-0.05, 0) is 56.4 Å². The summed E-state index contributed by atoms with van der Waals surface area (Å²) in [4.78, 5) is 19.6. The van der Waals surface area contributed by atoms with Gasteiger partial charge in [0.15, 0.2) is 0 Å². The highest BCUT2D eigenvalue weighted by Crippen LogP contribution is 2.32. The maximum absolute atomic E-state index is 12.5. The molecule has 2 aliphatic rings. The van der Waals surface area contributed by atoms with Crippen molar-refractivity contribution in [2.75, 3.05) is 24.5 Å². The molecule has 5 heteroatoms. The number of nitrogens with zero attached hydrogens (tertiary/aromatic N) is 2. The number of hydrogen-bond donors (Lipinski definition) is 1. The first-order valence-corrected chi connectivity index (χ1v) is 10.9. The number of benzene rings is 1. The van der Waals surface area contributed by atoms with Crippen LogP contribution in [-0.4, -0.2) is 36.5 Å². The summed E-state index contributed by atoms with van der Waals surface area (Å²) >= 11 is 1.66. The zero-order valence-corrected chi connectivity index (χ0v) is 17.1. The first-order valence-electron chi connectivity index (χ1n) is 10.1. The Balaban J connectivity index is 1.25. The fourth-order valence-corrected chi connectivity index (χ4v) is 5.19. The standard InChI is InChI=1S/C22H29N3OS/c1-16(2)25-14-18-13-20(27-21(18)15-25)22(26)23-10-6-12-24-11-5-8-17-7-3-4-9-19(17)24/h3-4,7,9,13,16H,5-6,8,10-12,14-15H2,1-2H3,(H,23,26). The lowest BCUT2D eigenvalue weighted by molar-refractivity contribution is 0.0957. The summed E-state index contributed by atoms with van der Waals surface area (Å²) < 4.78 is 0. The molecule has 27 heavy (non-hydrogen) atoms. The average Bonchev–Trinajstić information content (AvgIpc) is 3.24.